The smallest absolute Gasteiger partial charge is 0.246 e. The second kappa shape index (κ2) is 11.2. The molecule has 0 aliphatic carbocycles. The number of nitrogens with zero attached hydrogens (tertiary/aromatic N) is 4. The van der Waals surface area contributed by atoms with Gasteiger partial charge >= 0.3 is 0 Å². The maximum absolute atomic E-state index is 12.5. The number of nitrogens with two attached hydrogens (primary N) is 2. The molecule has 0 radical (unpaired) electrons. The third-order valence-electron chi connectivity index (χ3n) is 7.15. The molecule has 2 aromatic heterocycles. The molecule has 0 saturated carbocycles. The lowest BCUT2D eigenvalue weighted by molar-refractivity contribution is -0.0961. The number of piperidine rings is 1. The first-order chi connectivity index (χ1) is 17.3. The van der Waals surface area contributed by atoms with E-state index in [0.29, 0.717) is 25.3 Å². The summed E-state index contributed by atoms with van der Waals surface area (Å²) in [7, 11) is -3.53. The lowest BCUT2D eigenvalue weighted by Crippen LogP contribution is -2.61. The molecule has 5 rings (SSSR count). The third-order valence-corrected chi connectivity index (χ3v) is 10.3. The van der Waals surface area contributed by atoms with Crippen LogP contribution in [0, 0.1) is 0 Å². The van der Waals surface area contributed by atoms with Crippen molar-refractivity contribution in [1.29, 1.82) is 0 Å². The number of rotatable bonds is 7. The summed E-state index contributed by atoms with van der Waals surface area (Å²) in [6.07, 6.45) is 8.44. The summed E-state index contributed by atoms with van der Waals surface area (Å²) in [6, 6.07) is 2.26. The molecule has 0 aromatic carbocycles. The van der Waals surface area contributed by atoms with Crippen LogP contribution in [0.3, 0.4) is 0 Å². The summed E-state index contributed by atoms with van der Waals surface area (Å²) in [4.78, 5) is 5.44. The first-order valence-electron chi connectivity index (χ1n) is 12.8. The monoisotopic (exact) mass is 537 g/mol. The van der Waals surface area contributed by atoms with E-state index in [2.05, 4.69) is 28.1 Å². The molecule has 0 atom stereocenters. The van der Waals surface area contributed by atoms with Crippen LogP contribution in [0.5, 0.6) is 0 Å². The zero-order valence-corrected chi connectivity index (χ0v) is 23.1. The van der Waals surface area contributed by atoms with Crippen molar-refractivity contribution in [2.24, 2.45) is 11.6 Å². The van der Waals surface area contributed by atoms with Crippen LogP contribution in [0.25, 0.3) is 0 Å². The van der Waals surface area contributed by atoms with Crippen molar-refractivity contribution in [3.05, 3.63) is 45.7 Å². The standard InChI is InChI=1S/C22H33N7O3S2.C2H6/c1-2-18-9-20-21(33-18)3-8-32-22(20)4-6-27(7-5-22)12-16(23)13-29(24)17-14-28(15-17)34(30,31)19-10-25-26-11-19;1-2/h9-11,13,17H,2-8,12,14-15,23-24H2,1H3,(H,25,26);1-2H3/b16-13-;. The number of ether oxygens (including phenoxy) is 1. The number of hydrogen-bond acceptors (Lipinski definition) is 9. The van der Waals surface area contributed by atoms with Gasteiger partial charge in [-0.3, -0.25) is 10.00 Å². The van der Waals surface area contributed by atoms with Gasteiger partial charge in [0, 0.05) is 67.0 Å². The molecule has 12 heteroatoms. The maximum Gasteiger partial charge on any atom is 0.246 e. The molecular formula is C24H39N7O3S2. The Morgan fingerprint density at radius 1 is 1.36 bits per heavy atom. The highest BCUT2D eigenvalue weighted by atomic mass is 32.2. The Labute approximate surface area is 218 Å². The Balaban J connectivity index is 0.00000148. The summed E-state index contributed by atoms with van der Waals surface area (Å²) in [6.45, 7) is 10.1. The van der Waals surface area contributed by atoms with Gasteiger partial charge in [-0.1, -0.05) is 20.8 Å². The van der Waals surface area contributed by atoms with Crippen molar-refractivity contribution >= 4 is 21.4 Å². The molecule has 10 nitrogen and oxygen atoms in total. The minimum Gasteiger partial charge on any atom is -0.400 e. The molecule has 200 valence electrons. The second-order valence-electron chi connectivity index (χ2n) is 9.33. The summed E-state index contributed by atoms with van der Waals surface area (Å²) >= 11 is 1.94. The molecule has 0 unspecified atom stereocenters. The van der Waals surface area contributed by atoms with Gasteiger partial charge in [-0.05, 0) is 30.9 Å². The average Bonchev–Trinajstić information content (AvgIpc) is 3.52. The predicted molar refractivity (Wildman–Crippen MR) is 141 cm³/mol. The number of aromatic amines is 1. The Kier molecular flexibility index (Phi) is 8.42. The van der Waals surface area contributed by atoms with Crippen molar-refractivity contribution in [1.82, 2.24) is 24.4 Å². The number of H-pyrrole nitrogens is 1. The Bertz CT molecular complexity index is 1130. The van der Waals surface area contributed by atoms with E-state index in [0.717, 1.165) is 45.4 Å². The first-order valence-corrected chi connectivity index (χ1v) is 15.0. The van der Waals surface area contributed by atoms with Gasteiger partial charge in [-0.25, -0.2) is 14.3 Å². The largest absolute Gasteiger partial charge is 0.400 e. The lowest BCUT2D eigenvalue weighted by atomic mass is 9.82. The zero-order valence-electron chi connectivity index (χ0n) is 21.4. The number of sulfonamides is 1. The van der Waals surface area contributed by atoms with E-state index in [1.807, 2.05) is 25.2 Å². The van der Waals surface area contributed by atoms with Crippen molar-refractivity contribution in [2.75, 3.05) is 39.3 Å². The van der Waals surface area contributed by atoms with Crippen LogP contribution in [0.15, 0.2) is 35.3 Å². The number of aryl methyl sites for hydroxylation is 1. The van der Waals surface area contributed by atoms with Crippen LogP contribution in [-0.2, 0) is 33.2 Å². The molecule has 3 aliphatic heterocycles. The molecule has 5 N–H and O–H groups in total. The molecular weight excluding hydrogens is 498 g/mol. The van der Waals surface area contributed by atoms with Gasteiger partial charge in [0.15, 0.2) is 0 Å². The normalized spacial score (nSPS) is 20.9. The molecule has 5 heterocycles. The summed E-state index contributed by atoms with van der Waals surface area (Å²) < 4.78 is 32.8. The minimum atomic E-state index is -3.53. The predicted octanol–water partition coefficient (Wildman–Crippen LogP) is 1.97. The third kappa shape index (κ3) is 5.34. The van der Waals surface area contributed by atoms with E-state index < -0.39 is 10.0 Å². The van der Waals surface area contributed by atoms with E-state index in [-0.39, 0.29) is 16.5 Å². The van der Waals surface area contributed by atoms with Gasteiger partial charge in [0.1, 0.15) is 4.90 Å². The summed E-state index contributed by atoms with van der Waals surface area (Å²) in [5, 5.41) is 7.79. The second-order valence-corrected chi connectivity index (χ2v) is 12.5. The fourth-order valence-corrected chi connectivity index (χ4v) is 7.66. The first kappa shape index (κ1) is 27.1. The topological polar surface area (TPSA) is 134 Å². The van der Waals surface area contributed by atoms with Gasteiger partial charge < -0.3 is 15.5 Å². The molecule has 0 amide bonds. The number of hydrazine groups is 1. The molecule has 0 bridgehead atoms. The van der Waals surface area contributed by atoms with Gasteiger partial charge in [0.2, 0.25) is 10.0 Å². The van der Waals surface area contributed by atoms with Gasteiger partial charge in [0.05, 0.1) is 24.4 Å². The van der Waals surface area contributed by atoms with Crippen molar-refractivity contribution in [2.45, 2.75) is 63.0 Å². The van der Waals surface area contributed by atoms with Crippen LogP contribution in [0.1, 0.15) is 48.9 Å². The van der Waals surface area contributed by atoms with Crippen LogP contribution in [-0.4, -0.2) is 78.2 Å². The molecule has 1 spiro atoms. The Morgan fingerprint density at radius 2 is 2.08 bits per heavy atom. The number of hydrogen-bond donors (Lipinski definition) is 3. The Hall–Kier alpha value is -1.96. The summed E-state index contributed by atoms with van der Waals surface area (Å²) in [5.74, 6) is 6.19. The van der Waals surface area contributed by atoms with Crippen LogP contribution < -0.4 is 11.6 Å². The molecule has 2 aromatic rings. The van der Waals surface area contributed by atoms with Crippen LogP contribution >= 0.6 is 11.3 Å². The fourth-order valence-electron chi connectivity index (χ4n) is 5.06. The highest BCUT2D eigenvalue weighted by molar-refractivity contribution is 7.89. The maximum atomic E-state index is 12.5. The SMILES string of the molecule is CC.CCc1cc2c(s1)CCOC21CCN(C/C(N)=C/N(N)C2CN(S(=O)(=O)c3cn[nH]c3)C2)CC1. The van der Waals surface area contributed by atoms with Crippen LogP contribution in [0.2, 0.25) is 0 Å². The molecule has 36 heavy (non-hydrogen) atoms. The van der Waals surface area contributed by atoms with Gasteiger partial charge in [-0.15, -0.1) is 11.3 Å². The lowest BCUT2D eigenvalue weighted by Gasteiger charge is -2.44. The number of thiophene rings is 1. The molecule has 2 saturated heterocycles. The number of fused-ring (bicyclic) bond motifs is 2. The van der Waals surface area contributed by atoms with Gasteiger partial charge in [0.25, 0.3) is 0 Å². The molecule has 2 fully saturated rings. The van der Waals surface area contributed by atoms with E-state index in [4.69, 9.17) is 16.3 Å². The quantitative estimate of drug-likeness (QED) is 0.361. The zero-order chi connectivity index (χ0) is 25.9. The van der Waals surface area contributed by atoms with Crippen molar-refractivity contribution in [3.63, 3.8) is 0 Å². The number of aromatic nitrogens is 2. The van der Waals surface area contributed by atoms with E-state index in [9.17, 15) is 8.42 Å². The van der Waals surface area contributed by atoms with Crippen molar-refractivity contribution in [3.8, 4) is 0 Å². The highest BCUT2D eigenvalue weighted by Crippen LogP contribution is 2.44. The highest BCUT2D eigenvalue weighted by Gasteiger charge is 2.42. The Morgan fingerprint density at radius 3 is 2.72 bits per heavy atom. The van der Waals surface area contributed by atoms with Crippen molar-refractivity contribution < 1.29 is 13.2 Å². The van der Waals surface area contributed by atoms with E-state index in [1.54, 1.807) is 6.20 Å². The average molecular weight is 538 g/mol. The molecule has 3 aliphatic rings. The van der Waals surface area contributed by atoms with E-state index >= 15 is 0 Å². The van der Waals surface area contributed by atoms with Crippen LogP contribution in [0.4, 0.5) is 0 Å². The van der Waals surface area contributed by atoms with E-state index in [1.165, 1.54) is 37.0 Å². The summed E-state index contributed by atoms with van der Waals surface area (Å²) in [5.41, 5.74) is 8.24. The fraction of sp³-hybridized carbons (Fsp3) is 0.625. The minimum absolute atomic E-state index is 0.106. The van der Waals surface area contributed by atoms with Gasteiger partial charge in [-0.2, -0.15) is 9.40 Å². The number of nitrogens with one attached hydrogen (secondary N) is 1. The number of likely N-dealkylation sites (tertiary alicyclic amines) is 1.